The average Bonchev–Trinajstić information content (AvgIpc) is 1.64. The molecule has 8 rings (SSSR count). The first-order chi connectivity index (χ1) is 47.0. The number of hydrogen-bond donors (Lipinski definition) is 5. The number of methoxy groups -OCH3 is 2. The summed E-state index contributed by atoms with van der Waals surface area (Å²) in [6.07, 6.45) is 19.7. The second kappa shape index (κ2) is 37.6. The molecule has 0 spiro atoms. The number of nitrogens with one attached hydrogen (secondary N) is 4. The molecule has 5 aliphatic rings. The fraction of sp³-hybridized carbons (Fsp3) is 0.521. The van der Waals surface area contributed by atoms with Crippen LogP contribution in [0.2, 0.25) is 0 Å². The normalized spacial score (nSPS) is 17.6. The molecule has 7 amide bonds. The lowest BCUT2D eigenvalue weighted by atomic mass is 9.89. The molecule has 4 aliphatic heterocycles. The standard InChI is InChI=1S/C71H95N9O17/c1-8-16-51-36-58-70(87)80(57-41-62(60(90-7)39-55(57)68(85)78(58)43-51)96-27-15-26-95-61-40-56-54(38-59(61)89-6)69(86)79-44-52(17-9-2)42-77(79)46-73-56)71(88)97-45-50-20-22-53(23-21-50)75-66(83)48(5)74-67(84)65(47(3)4)76-63(81)24-28-91-30-32-93-34-35-94-33-31-92-29-25-72-64(82)37-49-18-13-11-10-12-14-19-49/h8-9,16-17,20-23,38-41,43-44,46-49,58,65,70,87H,10-15,18-19,24-37,42,45H2,1-7H3,(H,72,82)(H,74,84)(H,75,83)(H,76,81)/b16-8+,17-9+/t48?,58?,65-,70?/m0/s1. The quantitative estimate of drug-likeness (QED) is 0.0345. The number of aliphatic imine (C=N–C) groups is 1. The largest absolute Gasteiger partial charge is 0.493 e. The van der Waals surface area contributed by atoms with E-state index in [1.165, 1.54) is 75.3 Å². The van der Waals surface area contributed by atoms with Crippen LogP contribution in [-0.2, 0) is 49.5 Å². The number of allylic oxidation sites excluding steroid dienone is 3. The van der Waals surface area contributed by atoms with E-state index in [0.717, 1.165) is 28.9 Å². The fourth-order valence-electron chi connectivity index (χ4n) is 11.8. The molecule has 3 unspecified atom stereocenters. The Hall–Kier alpha value is -8.82. The van der Waals surface area contributed by atoms with E-state index in [0.29, 0.717) is 105 Å². The summed E-state index contributed by atoms with van der Waals surface area (Å²) in [5.74, 6) is -0.896. The van der Waals surface area contributed by atoms with Gasteiger partial charge in [-0.25, -0.2) is 19.7 Å². The number of hydrogen-bond acceptors (Lipinski definition) is 19. The van der Waals surface area contributed by atoms with Crippen LogP contribution in [0.4, 0.5) is 21.9 Å². The molecule has 1 saturated carbocycles. The summed E-state index contributed by atoms with van der Waals surface area (Å²) in [7, 11) is 2.90. The summed E-state index contributed by atoms with van der Waals surface area (Å²) in [5, 5.41) is 26.5. The first kappa shape index (κ1) is 74.0. The molecule has 3 aromatic rings. The minimum absolute atomic E-state index is 0.000916. The van der Waals surface area contributed by atoms with Crippen LogP contribution in [0.1, 0.15) is 132 Å². The molecular weight excluding hydrogens is 1250 g/mol. The molecule has 0 bridgehead atoms. The number of aliphatic hydroxyl groups is 1. The molecule has 4 atom stereocenters. The summed E-state index contributed by atoms with van der Waals surface area (Å²) >= 11 is 0. The molecular formula is C71H95N9O17. The van der Waals surface area contributed by atoms with E-state index in [4.69, 9.17) is 42.6 Å². The van der Waals surface area contributed by atoms with Crippen molar-refractivity contribution in [2.45, 2.75) is 136 Å². The van der Waals surface area contributed by atoms with Crippen LogP contribution in [-0.4, -0.2) is 186 Å². The highest BCUT2D eigenvalue weighted by molar-refractivity contribution is 6.07. The molecule has 0 radical (unpaired) electrons. The highest BCUT2D eigenvalue weighted by atomic mass is 16.6. The van der Waals surface area contributed by atoms with E-state index >= 15 is 0 Å². The van der Waals surface area contributed by atoms with Gasteiger partial charge in [-0.3, -0.25) is 33.8 Å². The Bertz CT molecular complexity index is 3340. The topological polar surface area (TPSA) is 296 Å². The molecule has 4 heterocycles. The van der Waals surface area contributed by atoms with Crippen LogP contribution in [0.15, 0.2) is 101 Å². The van der Waals surface area contributed by atoms with Crippen molar-refractivity contribution in [3.63, 3.8) is 0 Å². The Kier molecular flexibility index (Phi) is 28.7. The van der Waals surface area contributed by atoms with Gasteiger partial charge >= 0.3 is 6.09 Å². The second-order valence-electron chi connectivity index (χ2n) is 24.5. The van der Waals surface area contributed by atoms with Gasteiger partial charge in [0.1, 0.15) is 25.0 Å². The van der Waals surface area contributed by atoms with Crippen LogP contribution >= 0.6 is 0 Å². The van der Waals surface area contributed by atoms with Gasteiger partial charge in [-0.2, -0.15) is 0 Å². The monoisotopic (exact) mass is 1350 g/mol. The maximum atomic E-state index is 14.4. The number of fused-ring (bicyclic) bond motifs is 4. The van der Waals surface area contributed by atoms with Gasteiger partial charge in [0.25, 0.3) is 11.8 Å². The predicted octanol–water partition coefficient (Wildman–Crippen LogP) is 8.41. The van der Waals surface area contributed by atoms with Crippen LogP contribution < -0.4 is 45.1 Å². The summed E-state index contributed by atoms with van der Waals surface area (Å²) in [6, 6.07) is 9.82. The number of carbonyl (C=O) groups excluding carboxylic acids is 7. The Labute approximate surface area is 567 Å². The summed E-state index contributed by atoms with van der Waals surface area (Å²) in [5.41, 5.74) is 3.43. The minimum atomic E-state index is -1.58. The predicted molar refractivity (Wildman–Crippen MR) is 362 cm³/mol. The van der Waals surface area contributed by atoms with E-state index in [1.54, 1.807) is 74.0 Å². The van der Waals surface area contributed by atoms with Crippen LogP contribution in [0.3, 0.4) is 0 Å². The molecule has 97 heavy (non-hydrogen) atoms. The first-order valence-electron chi connectivity index (χ1n) is 33.5. The molecule has 0 saturated heterocycles. The molecule has 1 aliphatic carbocycles. The third-order valence-corrected chi connectivity index (χ3v) is 16.9. The maximum absolute atomic E-state index is 14.4. The van der Waals surface area contributed by atoms with Crippen molar-refractivity contribution in [1.82, 2.24) is 30.9 Å². The highest BCUT2D eigenvalue weighted by Crippen LogP contribution is 2.43. The van der Waals surface area contributed by atoms with Crippen molar-refractivity contribution in [1.29, 1.82) is 0 Å². The Balaban J connectivity index is 0.757. The Morgan fingerprint density at radius 3 is 1.95 bits per heavy atom. The third kappa shape index (κ3) is 21.1. The number of ether oxygens (including phenoxy) is 9. The molecule has 0 aromatic heterocycles. The zero-order valence-corrected chi connectivity index (χ0v) is 56.8. The number of carbonyl (C=O) groups is 7. The molecule has 5 N–H and O–H groups in total. The van der Waals surface area contributed by atoms with Crippen LogP contribution in [0.5, 0.6) is 23.0 Å². The van der Waals surface area contributed by atoms with Crippen molar-refractivity contribution < 1.29 is 81.3 Å². The number of anilines is 2. The second-order valence-corrected chi connectivity index (χ2v) is 24.5. The van der Waals surface area contributed by atoms with Gasteiger partial charge in [0.2, 0.25) is 23.6 Å². The van der Waals surface area contributed by atoms with Gasteiger partial charge in [0.15, 0.2) is 29.2 Å². The number of amides is 7. The minimum Gasteiger partial charge on any atom is -0.493 e. The van der Waals surface area contributed by atoms with Crippen molar-refractivity contribution in [2.75, 3.05) is 104 Å². The van der Waals surface area contributed by atoms with Gasteiger partial charge in [-0.1, -0.05) is 82.4 Å². The third-order valence-electron chi connectivity index (χ3n) is 16.9. The number of aliphatic hydroxyl groups excluding tert-OH is 1. The van der Waals surface area contributed by atoms with Crippen molar-refractivity contribution in [3.8, 4) is 23.0 Å². The van der Waals surface area contributed by atoms with Gasteiger partial charge in [0.05, 0.1) is 115 Å². The zero-order chi connectivity index (χ0) is 69.2. The number of rotatable bonds is 35. The average molecular weight is 1350 g/mol. The van der Waals surface area contributed by atoms with Crippen molar-refractivity contribution >= 4 is 64.9 Å². The van der Waals surface area contributed by atoms with E-state index < -0.39 is 54.1 Å². The van der Waals surface area contributed by atoms with Gasteiger partial charge in [-0.05, 0) is 92.8 Å². The summed E-state index contributed by atoms with van der Waals surface area (Å²) in [6.45, 7) is 12.4. The van der Waals surface area contributed by atoms with E-state index in [2.05, 4.69) is 26.3 Å². The number of nitrogens with zero attached hydrogens (tertiary/aromatic N) is 5. The fourth-order valence-corrected chi connectivity index (χ4v) is 11.8. The molecule has 3 aromatic carbocycles. The smallest absolute Gasteiger partial charge is 0.416 e. The van der Waals surface area contributed by atoms with Gasteiger partial charge in [0, 0.05) is 56.0 Å². The zero-order valence-electron chi connectivity index (χ0n) is 56.8. The highest BCUT2D eigenvalue weighted by Gasteiger charge is 2.45. The lowest BCUT2D eigenvalue weighted by Gasteiger charge is -2.31. The number of hydrazine groups is 1. The Morgan fingerprint density at radius 1 is 0.680 bits per heavy atom. The van der Waals surface area contributed by atoms with Gasteiger partial charge < -0.3 is 73.9 Å². The van der Waals surface area contributed by atoms with E-state index in [1.807, 2.05) is 38.2 Å². The van der Waals surface area contributed by atoms with Gasteiger partial charge in [-0.15, -0.1) is 0 Å². The van der Waals surface area contributed by atoms with E-state index in [9.17, 15) is 38.7 Å². The molecule has 526 valence electrons. The Morgan fingerprint density at radius 2 is 1.30 bits per heavy atom. The maximum Gasteiger partial charge on any atom is 0.416 e. The van der Waals surface area contributed by atoms with Crippen LogP contribution in [0.25, 0.3) is 0 Å². The SMILES string of the molecule is C/C=C/C1=CN2C(=O)c3cc(OC)c(OCCCOc4cc5c(cc4OC)C(=O)N4C=C(/C=C/C)CN4C=N5)cc3N(C(=O)OCc3ccc(NC(=O)C(C)NC(=O)[C@@H](NC(=O)CCOCCOCCOCCOCCNC(=O)CC4CCCCCCC4)C(C)C)cc3)C(O)C2C1. The lowest BCUT2D eigenvalue weighted by Crippen LogP contribution is -2.53. The first-order valence-corrected chi connectivity index (χ1v) is 33.5. The van der Waals surface area contributed by atoms with Crippen molar-refractivity contribution in [2.24, 2.45) is 16.8 Å². The summed E-state index contributed by atoms with van der Waals surface area (Å²) in [4.78, 5) is 101. The van der Waals surface area contributed by atoms with E-state index in [-0.39, 0.29) is 86.4 Å². The van der Waals surface area contributed by atoms with Crippen molar-refractivity contribution in [3.05, 3.63) is 113 Å². The molecule has 26 nitrogen and oxygen atoms in total. The lowest BCUT2D eigenvalue weighted by molar-refractivity contribution is -0.132. The summed E-state index contributed by atoms with van der Waals surface area (Å²) < 4.78 is 51.8. The molecule has 26 heteroatoms. The number of benzene rings is 3. The van der Waals surface area contributed by atoms with Crippen LogP contribution in [0, 0.1) is 11.8 Å². The molecule has 1 fully saturated rings.